The van der Waals surface area contributed by atoms with E-state index in [9.17, 15) is 4.79 Å². The summed E-state index contributed by atoms with van der Waals surface area (Å²) in [6.07, 6.45) is 0.270. The Hall–Kier alpha value is -0.880. The van der Waals surface area contributed by atoms with Gasteiger partial charge in [-0.05, 0) is 19.1 Å². The highest BCUT2D eigenvalue weighted by Crippen LogP contribution is 1.88. The van der Waals surface area contributed by atoms with E-state index in [-0.39, 0.29) is 18.4 Å². The molecule has 0 aromatic carbocycles. The van der Waals surface area contributed by atoms with Gasteiger partial charge in [0.2, 0.25) is 5.91 Å². The van der Waals surface area contributed by atoms with Gasteiger partial charge in [0, 0.05) is 26.1 Å². The van der Waals surface area contributed by atoms with Crippen molar-refractivity contribution >= 4 is 23.2 Å². The summed E-state index contributed by atoms with van der Waals surface area (Å²) >= 11 is 4.97. The second kappa shape index (κ2) is 7.52. The normalized spacial score (nSPS) is 11.9. The van der Waals surface area contributed by atoms with Crippen molar-refractivity contribution in [2.24, 2.45) is 5.73 Å². The van der Waals surface area contributed by atoms with Crippen LogP contribution in [-0.4, -0.2) is 37.3 Å². The third-order valence-electron chi connectivity index (χ3n) is 1.48. The van der Waals surface area contributed by atoms with Crippen molar-refractivity contribution in [3.05, 3.63) is 0 Å². The first kappa shape index (κ1) is 13.1. The zero-order valence-corrected chi connectivity index (χ0v) is 9.32. The van der Waals surface area contributed by atoms with Crippen molar-refractivity contribution in [3.63, 3.8) is 0 Å². The number of rotatable bonds is 6. The molecule has 0 fully saturated rings. The highest BCUT2D eigenvalue weighted by molar-refractivity contribution is 7.80. The molecule has 14 heavy (non-hydrogen) atoms. The Bertz CT molecular complexity index is 199. The van der Waals surface area contributed by atoms with Crippen molar-refractivity contribution in [1.29, 1.82) is 0 Å². The van der Waals surface area contributed by atoms with Crippen LogP contribution in [0.1, 0.15) is 13.3 Å². The molecule has 0 bridgehead atoms. The van der Waals surface area contributed by atoms with Gasteiger partial charge in [0.25, 0.3) is 0 Å². The maximum atomic E-state index is 10.6. The highest BCUT2D eigenvalue weighted by atomic mass is 32.1. The lowest BCUT2D eigenvalue weighted by Gasteiger charge is -2.15. The lowest BCUT2D eigenvalue weighted by atomic mass is 10.2. The van der Waals surface area contributed by atoms with E-state index in [4.69, 9.17) is 22.7 Å². The summed E-state index contributed by atoms with van der Waals surface area (Å²) in [5.41, 5.74) is 5.03. The van der Waals surface area contributed by atoms with Crippen LogP contribution in [0, 0.1) is 0 Å². The smallest absolute Gasteiger partial charge is 0.219 e. The second-order valence-electron chi connectivity index (χ2n) is 2.96. The summed E-state index contributed by atoms with van der Waals surface area (Å²) in [5, 5.41) is 6.37. The first-order valence-corrected chi connectivity index (χ1v) is 4.78. The topological polar surface area (TPSA) is 76.4 Å². The van der Waals surface area contributed by atoms with E-state index in [0.717, 1.165) is 0 Å². The number of nitrogens with one attached hydrogen (secondary N) is 2. The maximum Gasteiger partial charge on any atom is 0.219 e. The van der Waals surface area contributed by atoms with Crippen molar-refractivity contribution in [2.45, 2.75) is 19.4 Å². The number of thiocarbonyl (C=S) groups is 1. The van der Waals surface area contributed by atoms with E-state index in [2.05, 4.69) is 10.6 Å². The van der Waals surface area contributed by atoms with E-state index < -0.39 is 0 Å². The van der Waals surface area contributed by atoms with Gasteiger partial charge in [0.15, 0.2) is 5.11 Å². The molecule has 0 aliphatic heterocycles. The minimum atomic E-state index is -0.343. The molecule has 6 heteroatoms. The summed E-state index contributed by atoms with van der Waals surface area (Å²) in [6.45, 7) is 3.08. The summed E-state index contributed by atoms with van der Waals surface area (Å²) in [6, 6.07) is -0.0463. The van der Waals surface area contributed by atoms with E-state index in [0.29, 0.717) is 18.3 Å². The van der Waals surface area contributed by atoms with Gasteiger partial charge in [0.1, 0.15) is 0 Å². The largest absolute Gasteiger partial charge is 0.383 e. The number of hydrogen-bond acceptors (Lipinski definition) is 3. The molecular weight excluding hydrogens is 202 g/mol. The summed E-state index contributed by atoms with van der Waals surface area (Å²) in [7, 11) is 1.62. The first-order chi connectivity index (χ1) is 6.56. The van der Waals surface area contributed by atoms with Crippen molar-refractivity contribution < 1.29 is 9.53 Å². The Morgan fingerprint density at radius 2 is 2.29 bits per heavy atom. The zero-order valence-electron chi connectivity index (χ0n) is 8.50. The van der Waals surface area contributed by atoms with Crippen LogP contribution in [0.3, 0.4) is 0 Å². The Labute approximate surface area is 89.4 Å². The first-order valence-electron chi connectivity index (χ1n) is 4.38. The number of hydrogen-bond donors (Lipinski definition) is 3. The highest BCUT2D eigenvalue weighted by Gasteiger charge is 2.06. The predicted molar refractivity (Wildman–Crippen MR) is 58.9 cm³/mol. The second-order valence-corrected chi connectivity index (χ2v) is 3.37. The minimum Gasteiger partial charge on any atom is -0.383 e. The SMILES string of the molecule is COCCNC(=S)NC(C)CC(N)=O. The Morgan fingerprint density at radius 1 is 1.64 bits per heavy atom. The van der Waals surface area contributed by atoms with Crippen LogP contribution in [-0.2, 0) is 9.53 Å². The number of carbonyl (C=O) groups is 1. The molecule has 0 aromatic rings. The zero-order chi connectivity index (χ0) is 11.0. The summed E-state index contributed by atoms with van der Waals surface area (Å²) in [4.78, 5) is 10.6. The third kappa shape index (κ3) is 7.75. The molecule has 0 heterocycles. The lowest BCUT2D eigenvalue weighted by Crippen LogP contribution is -2.43. The van der Waals surface area contributed by atoms with Crippen molar-refractivity contribution in [2.75, 3.05) is 20.3 Å². The van der Waals surface area contributed by atoms with E-state index in [1.165, 1.54) is 0 Å². The van der Waals surface area contributed by atoms with Crippen molar-refractivity contribution in [1.82, 2.24) is 10.6 Å². The minimum absolute atomic E-state index is 0.0463. The fraction of sp³-hybridized carbons (Fsp3) is 0.750. The number of methoxy groups -OCH3 is 1. The van der Waals surface area contributed by atoms with E-state index in [1.54, 1.807) is 7.11 Å². The van der Waals surface area contributed by atoms with Gasteiger partial charge in [-0.2, -0.15) is 0 Å². The van der Waals surface area contributed by atoms with Crippen LogP contribution in [0.15, 0.2) is 0 Å². The molecular formula is C8H17N3O2S. The van der Waals surface area contributed by atoms with E-state index >= 15 is 0 Å². The molecule has 0 aliphatic rings. The number of primary amides is 1. The number of amides is 1. The van der Waals surface area contributed by atoms with Gasteiger partial charge in [-0.1, -0.05) is 0 Å². The quantitative estimate of drug-likeness (QED) is 0.409. The molecule has 0 aromatic heterocycles. The average molecular weight is 219 g/mol. The van der Waals surface area contributed by atoms with Crippen LogP contribution in [0.2, 0.25) is 0 Å². The van der Waals surface area contributed by atoms with Crippen LogP contribution in [0.4, 0.5) is 0 Å². The Kier molecular flexibility index (Phi) is 7.04. The van der Waals surface area contributed by atoms with Crippen molar-refractivity contribution in [3.8, 4) is 0 Å². The van der Waals surface area contributed by atoms with Crippen LogP contribution in [0.5, 0.6) is 0 Å². The summed E-state index contributed by atoms with van der Waals surface area (Å²) < 4.78 is 4.84. The van der Waals surface area contributed by atoms with Crippen LogP contribution >= 0.6 is 12.2 Å². The average Bonchev–Trinajstić information content (AvgIpc) is 2.02. The molecule has 1 unspecified atom stereocenters. The fourth-order valence-electron chi connectivity index (χ4n) is 0.894. The van der Waals surface area contributed by atoms with Gasteiger partial charge in [-0.3, -0.25) is 4.79 Å². The molecule has 0 aliphatic carbocycles. The van der Waals surface area contributed by atoms with Gasteiger partial charge in [-0.15, -0.1) is 0 Å². The predicted octanol–water partition coefficient (Wildman–Crippen LogP) is -0.639. The van der Waals surface area contributed by atoms with Gasteiger partial charge >= 0.3 is 0 Å². The van der Waals surface area contributed by atoms with E-state index in [1.807, 2.05) is 6.92 Å². The maximum absolute atomic E-state index is 10.6. The van der Waals surface area contributed by atoms with Gasteiger partial charge in [0.05, 0.1) is 6.61 Å². The fourth-order valence-corrected chi connectivity index (χ4v) is 1.20. The molecule has 82 valence electrons. The molecule has 5 nitrogen and oxygen atoms in total. The Morgan fingerprint density at radius 3 is 2.79 bits per heavy atom. The standard InChI is InChI=1S/C8H17N3O2S/c1-6(5-7(9)12)11-8(14)10-3-4-13-2/h6H,3-5H2,1-2H3,(H2,9,12)(H2,10,11,14). The lowest BCUT2D eigenvalue weighted by molar-refractivity contribution is -0.118. The molecule has 1 atom stereocenters. The van der Waals surface area contributed by atoms with Crippen LogP contribution < -0.4 is 16.4 Å². The molecule has 0 rings (SSSR count). The summed E-state index contributed by atoms with van der Waals surface area (Å²) in [5.74, 6) is -0.343. The molecule has 1 amide bonds. The number of nitrogens with two attached hydrogens (primary N) is 1. The molecule has 0 saturated carbocycles. The molecule has 0 saturated heterocycles. The molecule has 0 radical (unpaired) electrons. The van der Waals surface area contributed by atoms with Gasteiger partial charge in [-0.25, -0.2) is 0 Å². The third-order valence-corrected chi connectivity index (χ3v) is 1.74. The molecule has 4 N–H and O–H groups in total. The number of ether oxygens (including phenoxy) is 1. The van der Waals surface area contributed by atoms with Gasteiger partial charge < -0.3 is 21.1 Å². The number of carbonyl (C=O) groups excluding carboxylic acids is 1. The van der Waals surface area contributed by atoms with Crippen LogP contribution in [0.25, 0.3) is 0 Å². The Balaban J connectivity index is 3.55. The molecule has 0 spiro atoms. The monoisotopic (exact) mass is 219 g/mol.